The largest absolute Gasteiger partial charge is 0.394 e. The molecule has 5 atom stereocenters. The summed E-state index contributed by atoms with van der Waals surface area (Å²) in [6, 6.07) is 8.77. The Labute approximate surface area is 206 Å². The first-order valence-electron chi connectivity index (χ1n) is 11.7. The van der Waals surface area contributed by atoms with Gasteiger partial charge in [0.1, 0.15) is 30.9 Å². The summed E-state index contributed by atoms with van der Waals surface area (Å²) in [5, 5.41) is 23.5. The van der Waals surface area contributed by atoms with Crippen LogP contribution in [-0.4, -0.2) is 70.1 Å². The minimum Gasteiger partial charge on any atom is -0.394 e. The maximum Gasteiger partial charge on any atom is 0.256 e. The van der Waals surface area contributed by atoms with Crippen LogP contribution in [0.3, 0.4) is 0 Å². The number of fused-ring (bicyclic) bond motifs is 1. The first-order valence-corrected chi connectivity index (χ1v) is 11.7. The van der Waals surface area contributed by atoms with Crippen molar-refractivity contribution < 1.29 is 24.5 Å². The molecule has 0 aliphatic carbocycles. The summed E-state index contributed by atoms with van der Waals surface area (Å²) in [5.41, 5.74) is 1.21. The molecule has 3 N–H and O–H groups in total. The SMILES string of the molecule is CCCC(OC1C(O)[C@@H](CO)O[C@H]1n1cnc2c(NC(=O)c3ccccc3)ncnc21)n1ccnc1. The summed E-state index contributed by atoms with van der Waals surface area (Å²) in [6.45, 7) is 1.65. The molecule has 12 nitrogen and oxygen atoms in total. The van der Waals surface area contributed by atoms with Crippen molar-refractivity contribution in [3.05, 3.63) is 67.3 Å². The summed E-state index contributed by atoms with van der Waals surface area (Å²) in [5.74, 6) is -0.0911. The number of rotatable bonds is 9. The number of carbonyl (C=O) groups is 1. The Morgan fingerprint density at radius 2 is 2.06 bits per heavy atom. The second-order valence-electron chi connectivity index (χ2n) is 8.46. The van der Waals surface area contributed by atoms with E-state index in [9.17, 15) is 15.0 Å². The minimum atomic E-state index is -1.10. The van der Waals surface area contributed by atoms with Gasteiger partial charge in [-0.25, -0.2) is 19.9 Å². The number of aliphatic hydroxyl groups is 2. The fourth-order valence-electron chi connectivity index (χ4n) is 4.29. The number of amides is 1. The zero-order valence-electron chi connectivity index (χ0n) is 19.6. The lowest BCUT2D eigenvalue weighted by Crippen LogP contribution is -2.37. The molecule has 36 heavy (non-hydrogen) atoms. The summed E-state index contributed by atoms with van der Waals surface area (Å²) in [4.78, 5) is 29.7. The van der Waals surface area contributed by atoms with Gasteiger partial charge in [0, 0.05) is 18.0 Å². The number of benzene rings is 1. The third kappa shape index (κ3) is 4.58. The molecular formula is C24H27N7O5. The number of aromatic nitrogens is 6. The van der Waals surface area contributed by atoms with Gasteiger partial charge in [0.15, 0.2) is 23.2 Å². The molecule has 1 aliphatic heterocycles. The van der Waals surface area contributed by atoms with Crippen LogP contribution in [0.4, 0.5) is 5.82 Å². The van der Waals surface area contributed by atoms with Gasteiger partial charge in [0.25, 0.3) is 5.91 Å². The molecule has 0 spiro atoms. The lowest BCUT2D eigenvalue weighted by molar-refractivity contribution is -0.127. The van der Waals surface area contributed by atoms with Crippen molar-refractivity contribution in [1.82, 2.24) is 29.1 Å². The molecule has 3 aromatic heterocycles. The predicted octanol–water partition coefficient (Wildman–Crippen LogP) is 1.91. The molecule has 3 unspecified atom stereocenters. The van der Waals surface area contributed by atoms with E-state index in [0.717, 1.165) is 6.42 Å². The molecule has 0 radical (unpaired) electrons. The Hall–Kier alpha value is -3.71. The van der Waals surface area contributed by atoms with Crippen LogP contribution in [-0.2, 0) is 9.47 Å². The Bertz CT molecular complexity index is 1300. The van der Waals surface area contributed by atoms with Gasteiger partial charge < -0.3 is 29.6 Å². The van der Waals surface area contributed by atoms with Gasteiger partial charge in [-0.2, -0.15) is 0 Å². The number of carbonyl (C=O) groups excluding carboxylic acids is 1. The molecule has 0 saturated carbocycles. The highest BCUT2D eigenvalue weighted by molar-refractivity contribution is 6.06. The number of aliphatic hydroxyl groups excluding tert-OH is 2. The number of hydrogen-bond donors (Lipinski definition) is 3. The van der Waals surface area contributed by atoms with E-state index >= 15 is 0 Å². The van der Waals surface area contributed by atoms with Gasteiger partial charge in [-0.3, -0.25) is 9.36 Å². The van der Waals surface area contributed by atoms with E-state index in [-0.39, 0.29) is 18.3 Å². The van der Waals surface area contributed by atoms with Crippen LogP contribution in [0, 0.1) is 0 Å². The molecule has 1 saturated heterocycles. The van der Waals surface area contributed by atoms with E-state index in [1.54, 1.807) is 47.6 Å². The van der Waals surface area contributed by atoms with E-state index in [2.05, 4.69) is 25.3 Å². The average molecular weight is 494 g/mol. The minimum absolute atomic E-state index is 0.240. The van der Waals surface area contributed by atoms with Gasteiger partial charge in [0.05, 0.1) is 19.3 Å². The van der Waals surface area contributed by atoms with Crippen LogP contribution in [0.25, 0.3) is 11.2 Å². The highest BCUT2D eigenvalue weighted by Crippen LogP contribution is 2.36. The number of imidazole rings is 2. The Morgan fingerprint density at radius 3 is 2.78 bits per heavy atom. The van der Waals surface area contributed by atoms with E-state index < -0.39 is 30.8 Å². The molecule has 12 heteroatoms. The molecule has 1 fully saturated rings. The number of hydrogen-bond acceptors (Lipinski definition) is 9. The first kappa shape index (κ1) is 24.0. The highest BCUT2D eigenvalue weighted by Gasteiger charge is 2.47. The lowest BCUT2D eigenvalue weighted by Gasteiger charge is -2.28. The third-order valence-corrected chi connectivity index (χ3v) is 6.10. The summed E-state index contributed by atoms with van der Waals surface area (Å²) in [7, 11) is 0. The van der Waals surface area contributed by atoms with Crippen molar-refractivity contribution in [3.63, 3.8) is 0 Å². The van der Waals surface area contributed by atoms with Gasteiger partial charge >= 0.3 is 0 Å². The van der Waals surface area contributed by atoms with Gasteiger partial charge in [-0.1, -0.05) is 31.5 Å². The van der Waals surface area contributed by atoms with E-state index in [1.165, 1.54) is 12.7 Å². The van der Waals surface area contributed by atoms with Crippen molar-refractivity contribution in [3.8, 4) is 0 Å². The Kier molecular flexibility index (Phi) is 7.00. The smallest absolute Gasteiger partial charge is 0.256 e. The molecule has 4 aromatic rings. The van der Waals surface area contributed by atoms with Crippen molar-refractivity contribution in [2.24, 2.45) is 0 Å². The average Bonchev–Trinajstić information content (AvgIpc) is 3.64. The van der Waals surface area contributed by atoms with Crippen molar-refractivity contribution in [1.29, 1.82) is 0 Å². The Morgan fingerprint density at radius 1 is 1.22 bits per heavy atom. The van der Waals surface area contributed by atoms with Crippen molar-refractivity contribution in [2.75, 3.05) is 11.9 Å². The lowest BCUT2D eigenvalue weighted by atomic mass is 10.1. The van der Waals surface area contributed by atoms with E-state index in [4.69, 9.17) is 9.47 Å². The molecular weight excluding hydrogens is 466 g/mol. The Balaban J connectivity index is 1.46. The molecule has 5 rings (SSSR count). The third-order valence-electron chi connectivity index (χ3n) is 6.10. The zero-order chi connectivity index (χ0) is 25.1. The maximum absolute atomic E-state index is 12.7. The second-order valence-corrected chi connectivity index (χ2v) is 8.46. The second kappa shape index (κ2) is 10.5. The van der Waals surface area contributed by atoms with Crippen LogP contribution in [0.1, 0.15) is 42.6 Å². The number of ether oxygens (including phenoxy) is 2. The molecule has 1 aliphatic rings. The summed E-state index contributed by atoms with van der Waals surface area (Å²) >= 11 is 0. The highest BCUT2D eigenvalue weighted by atomic mass is 16.6. The van der Waals surface area contributed by atoms with Crippen LogP contribution < -0.4 is 5.32 Å². The fourth-order valence-corrected chi connectivity index (χ4v) is 4.29. The van der Waals surface area contributed by atoms with Crippen LogP contribution >= 0.6 is 0 Å². The topological polar surface area (TPSA) is 149 Å². The predicted molar refractivity (Wildman–Crippen MR) is 128 cm³/mol. The number of anilines is 1. The van der Waals surface area contributed by atoms with Crippen molar-refractivity contribution >= 4 is 22.9 Å². The first-order chi connectivity index (χ1) is 17.6. The summed E-state index contributed by atoms with van der Waals surface area (Å²) in [6.07, 6.45) is 5.41. The number of nitrogens with zero attached hydrogens (tertiary/aromatic N) is 6. The summed E-state index contributed by atoms with van der Waals surface area (Å²) < 4.78 is 15.8. The quantitative estimate of drug-likeness (QED) is 0.318. The van der Waals surface area contributed by atoms with Crippen LogP contribution in [0.15, 0.2) is 61.7 Å². The monoisotopic (exact) mass is 493 g/mol. The van der Waals surface area contributed by atoms with E-state index in [0.29, 0.717) is 23.1 Å². The van der Waals surface area contributed by atoms with Gasteiger partial charge in [-0.05, 0) is 18.6 Å². The molecule has 188 valence electrons. The molecule has 1 aromatic carbocycles. The van der Waals surface area contributed by atoms with Crippen LogP contribution in [0.2, 0.25) is 0 Å². The standard InChI is InChI=1S/C24H27N7O5/c1-2-6-17(30-10-9-25-13-30)36-20-19(33)16(11-32)35-24(20)31-14-28-18-21(26-12-27-22(18)31)29-23(34)15-7-4-3-5-8-15/h3-5,7-10,12-14,16-17,19-20,24,32-33H,2,6,11H2,1H3,(H,26,27,29,34)/t16-,17?,19?,20?,24-/m1/s1. The van der Waals surface area contributed by atoms with Gasteiger partial charge in [-0.15, -0.1) is 0 Å². The van der Waals surface area contributed by atoms with Crippen molar-refractivity contribution in [2.45, 2.75) is 50.5 Å². The molecule has 0 bridgehead atoms. The molecule has 1 amide bonds. The molecule has 4 heterocycles. The van der Waals surface area contributed by atoms with Gasteiger partial charge in [0.2, 0.25) is 0 Å². The fraction of sp³-hybridized carbons (Fsp3) is 0.375. The normalized spacial score (nSPS) is 22.6. The maximum atomic E-state index is 12.7. The number of nitrogens with one attached hydrogen (secondary N) is 1. The van der Waals surface area contributed by atoms with Crippen LogP contribution in [0.5, 0.6) is 0 Å². The zero-order valence-corrected chi connectivity index (χ0v) is 19.6. The van der Waals surface area contributed by atoms with E-state index in [1.807, 2.05) is 17.6 Å².